The summed E-state index contributed by atoms with van der Waals surface area (Å²) in [6.07, 6.45) is 1.07. The van der Waals surface area contributed by atoms with Crippen LogP contribution in [-0.4, -0.2) is 43.3 Å². The van der Waals surface area contributed by atoms with Crippen LogP contribution in [0.15, 0.2) is 0 Å². The topological polar surface area (TPSA) is 58.6 Å². The fourth-order valence-corrected chi connectivity index (χ4v) is 2.27. The van der Waals surface area contributed by atoms with Crippen molar-refractivity contribution in [2.24, 2.45) is 11.3 Å². The highest BCUT2D eigenvalue weighted by atomic mass is 19.3. The highest BCUT2D eigenvalue weighted by Gasteiger charge is 2.57. The molecular weight excluding hydrogens is 244 g/mol. The summed E-state index contributed by atoms with van der Waals surface area (Å²) < 4.78 is 30.5. The van der Waals surface area contributed by atoms with Gasteiger partial charge in [-0.1, -0.05) is 0 Å². The lowest BCUT2D eigenvalue weighted by atomic mass is 9.81. The molecule has 0 spiro atoms. The van der Waals surface area contributed by atoms with Gasteiger partial charge in [0.2, 0.25) is 5.91 Å². The zero-order chi connectivity index (χ0) is 13.2. The number of ether oxygens (including phenoxy) is 1. The van der Waals surface area contributed by atoms with E-state index in [4.69, 9.17) is 4.74 Å². The molecule has 1 aliphatic carbocycles. The maximum Gasteiger partial charge on any atom is 0.252 e. The average molecular weight is 263 g/mol. The van der Waals surface area contributed by atoms with Crippen molar-refractivity contribution in [1.82, 2.24) is 5.32 Å². The number of nitrogens with one attached hydrogen (secondary N) is 1. The standard InChI is InChI=1S/C12H19F2NO3/c13-12(14)6-9(12)5-10(17)15-7-11(8-16)1-3-18-4-2-11/h9,16H,1-8H2,(H,15,17)/t9-/m1/s1. The largest absolute Gasteiger partial charge is 0.396 e. The molecule has 1 saturated heterocycles. The number of hydrogen-bond donors (Lipinski definition) is 2. The highest BCUT2D eigenvalue weighted by molar-refractivity contribution is 5.76. The normalized spacial score (nSPS) is 28.7. The first-order valence-corrected chi connectivity index (χ1v) is 6.31. The molecule has 0 bridgehead atoms. The Hall–Kier alpha value is -0.750. The molecule has 2 N–H and O–H groups in total. The van der Waals surface area contributed by atoms with Gasteiger partial charge in [0, 0.05) is 43.9 Å². The Kier molecular flexibility index (Phi) is 3.87. The van der Waals surface area contributed by atoms with Crippen LogP contribution >= 0.6 is 0 Å². The quantitative estimate of drug-likeness (QED) is 0.776. The van der Waals surface area contributed by atoms with Gasteiger partial charge in [0.05, 0.1) is 6.61 Å². The van der Waals surface area contributed by atoms with Crippen molar-refractivity contribution < 1.29 is 23.4 Å². The third kappa shape index (κ3) is 3.17. The number of aliphatic hydroxyl groups is 1. The second-order valence-electron chi connectivity index (χ2n) is 5.41. The predicted molar refractivity (Wildman–Crippen MR) is 60.3 cm³/mol. The highest BCUT2D eigenvalue weighted by Crippen LogP contribution is 2.50. The SMILES string of the molecule is O=C(C[C@@H]1CC1(F)F)NCC1(CO)CCOCC1. The molecule has 0 aromatic rings. The van der Waals surface area contributed by atoms with Gasteiger partial charge in [-0.15, -0.1) is 0 Å². The average Bonchev–Trinajstić information content (AvgIpc) is 2.95. The molecule has 0 aromatic heterocycles. The molecule has 1 atom stereocenters. The van der Waals surface area contributed by atoms with E-state index in [0.717, 1.165) is 0 Å². The van der Waals surface area contributed by atoms with Gasteiger partial charge >= 0.3 is 0 Å². The first-order chi connectivity index (χ1) is 8.47. The molecule has 1 saturated carbocycles. The monoisotopic (exact) mass is 263 g/mol. The molecule has 1 amide bonds. The molecule has 0 unspecified atom stereocenters. The minimum Gasteiger partial charge on any atom is -0.396 e. The van der Waals surface area contributed by atoms with E-state index < -0.39 is 11.8 Å². The molecule has 1 heterocycles. The fourth-order valence-electron chi connectivity index (χ4n) is 2.27. The van der Waals surface area contributed by atoms with Crippen LogP contribution in [0.4, 0.5) is 8.78 Å². The summed E-state index contributed by atoms with van der Waals surface area (Å²) >= 11 is 0. The Labute approximate surface area is 105 Å². The Morgan fingerprint density at radius 2 is 2.00 bits per heavy atom. The molecule has 2 aliphatic rings. The van der Waals surface area contributed by atoms with Crippen LogP contribution in [0.3, 0.4) is 0 Å². The fraction of sp³-hybridized carbons (Fsp3) is 0.917. The molecule has 2 fully saturated rings. The van der Waals surface area contributed by atoms with Gasteiger partial charge in [-0.3, -0.25) is 4.79 Å². The molecular formula is C12H19F2NO3. The van der Waals surface area contributed by atoms with E-state index in [1.807, 2.05) is 0 Å². The third-order valence-electron chi connectivity index (χ3n) is 3.94. The molecule has 0 radical (unpaired) electrons. The van der Waals surface area contributed by atoms with Gasteiger partial charge in [0.1, 0.15) is 0 Å². The Morgan fingerprint density at radius 1 is 1.39 bits per heavy atom. The Bertz CT molecular complexity index is 316. The van der Waals surface area contributed by atoms with Crippen LogP contribution in [0.5, 0.6) is 0 Å². The molecule has 18 heavy (non-hydrogen) atoms. The summed E-state index contributed by atoms with van der Waals surface area (Å²) in [6, 6.07) is 0. The lowest BCUT2D eigenvalue weighted by Gasteiger charge is -2.35. The zero-order valence-corrected chi connectivity index (χ0v) is 10.3. The van der Waals surface area contributed by atoms with Crippen LogP contribution in [0.25, 0.3) is 0 Å². The Morgan fingerprint density at radius 3 is 2.50 bits per heavy atom. The zero-order valence-electron chi connectivity index (χ0n) is 10.3. The minimum absolute atomic E-state index is 0.0176. The van der Waals surface area contributed by atoms with E-state index in [9.17, 15) is 18.7 Å². The predicted octanol–water partition coefficient (Wildman–Crippen LogP) is 0.937. The Balaban J connectivity index is 1.74. The third-order valence-corrected chi connectivity index (χ3v) is 3.94. The van der Waals surface area contributed by atoms with Crippen LogP contribution in [0.2, 0.25) is 0 Å². The van der Waals surface area contributed by atoms with Crippen molar-refractivity contribution in [1.29, 1.82) is 0 Å². The summed E-state index contributed by atoms with van der Waals surface area (Å²) in [5.41, 5.74) is -0.347. The van der Waals surface area contributed by atoms with Crippen LogP contribution in [0.1, 0.15) is 25.7 Å². The molecule has 104 valence electrons. The van der Waals surface area contributed by atoms with E-state index in [-0.39, 0.29) is 30.8 Å². The summed E-state index contributed by atoms with van der Waals surface area (Å²) in [4.78, 5) is 11.5. The van der Waals surface area contributed by atoms with E-state index in [2.05, 4.69) is 5.32 Å². The first-order valence-electron chi connectivity index (χ1n) is 6.31. The summed E-state index contributed by atoms with van der Waals surface area (Å²) in [6.45, 7) is 1.45. The van der Waals surface area contributed by atoms with E-state index in [0.29, 0.717) is 32.6 Å². The first kappa shape index (κ1) is 13.7. The number of hydrogen-bond acceptors (Lipinski definition) is 3. The lowest BCUT2D eigenvalue weighted by Crippen LogP contribution is -2.43. The smallest absolute Gasteiger partial charge is 0.252 e. The number of carbonyl (C=O) groups excluding carboxylic acids is 1. The summed E-state index contributed by atoms with van der Waals surface area (Å²) in [5, 5.41) is 12.1. The van der Waals surface area contributed by atoms with Gasteiger partial charge in [0.15, 0.2) is 0 Å². The van der Waals surface area contributed by atoms with Gasteiger partial charge in [-0.05, 0) is 12.8 Å². The maximum atomic E-state index is 12.7. The molecule has 6 heteroatoms. The van der Waals surface area contributed by atoms with E-state index in [1.165, 1.54) is 0 Å². The number of halogens is 2. The van der Waals surface area contributed by atoms with Crippen molar-refractivity contribution in [2.45, 2.75) is 31.6 Å². The number of rotatable bonds is 5. The second kappa shape index (κ2) is 5.09. The van der Waals surface area contributed by atoms with Crippen molar-refractivity contribution in [3.63, 3.8) is 0 Å². The number of amides is 1. The van der Waals surface area contributed by atoms with E-state index in [1.54, 1.807) is 0 Å². The number of alkyl halides is 2. The van der Waals surface area contributed by atoms with Gasteiger partial charge in [-0.25, -0.2) is 8.78 Å². The molecule has 2 rings (SSSR count). The number of carbonyl (C=O) groups is 1. The van der Waals surface area contributed by atoms with Crippen LogP contribution in [-0.2, 0) is 9.53 Å². The van der Waals surface area contributed by atoms with Crippen molar-refractivity contribution in [2.75, 3.05) is 26.4 Å². The van der Waals surface area contributed by atoms with Gasteiger partial charge in [-0.2, -0.15) is 0 Å². The molecule has 0 aromatic carbocycles. The van der Waals surface area contributed by atoms with E-state index >= 15 is 0 Å². The number of aliphatic hydroxyl groups excluding tert-OH is 1. The lowest BCUT2D eigenvalue weighted by molar-refractivity contribution is -0.123. The van der Waals surface area contributed by atoms with Gasteiger partial charge in [0.25, 0.3) is 5.92 Å². The van der Waals surface area contributed by atoms with Crippen molar-refractivity contribution in [3.8, 4) is 0 Å². The van der Waals surface area contributed by atoms with Crippen molar-refractivity contribution in [3.05, 3.63) is 0 Å². The minimum atomic E-state index is -2.65. The molecule has 1 aliphatic heterocycles. The summed E-state index contributed by atoms with van der Waals surface area (Å²) in [5.74, 6) is -3.79. The van der Waals surface area contributed by atoms with Crippen molar-refractivity contribution >= 4 is 5.91 Å². The maximum absolute atomic E-state index is 12.7. The molecule has 4 nitrogen and oxygen atoms in total. The second-order valence-corrected chi connectivity index (χ2v) is 5.41. The van der Waals surface area contributed by atoms with Gasteiger partial charge < -0.3 is 15.2 Å². The van der Waals surface area contributed by atoms with Crippen LogP contribution in [0, 0.1) is 11.3 Å². The summed E-state index contributed by atoms with van der Waals surface area (Å²) in [7, 11) is 0. The van der Waals surface area contributed by atoms with Crippen LogP contribution < -0.4 is 5.32 Å².